The number of nitro benzene ring substituents is 1. The second-order valence-electron chi connectivity index (χ2n) is 5.72. The lowest BCUT2D eigenvalue weighted by Crippen LogP contribution is -2.53. The number of nitro groups is 1. The molecule has 0 spiro atoms. The highest BCUT2D eigenvalue weighted by atomic mass is 16.6. The van der Waals surface area contributed by atoms with Gasteiger partial charge in [0.1, 0.15) is 6.07 Å². The van der Waals surface area contributed by atoms with E-state index in [1.165, 1.54) is 12.1 Å². The number of anilines is 1. The summed E-state index contributed by atoms with van der Waals surface area (Å²) in [5.41, 5.74) is 0.989. The maximum Gasteiger partial charge on any atom is 0.270 e. The highest BCUT2D eigenvalue weighted by Crippen LogP contribution is 2.28. The first kappa shape index (κ1) is 16.2. The van der Waals surface area contributed by atoms with Crippen molar-refractivity contribution in [1.29, 1.82) is 5.26 Å². The number of rotatable bonds is 4. The monoisotopic (exact) mass is 304 g/mol. The molecule has 2 atom stereocenters. The van der Waals surface area contributed by atoms with Crippen molar-refractivity contribution in [3.8, 4) is 6.07 Å². The van der Waals surface area contributed by atoms with Gasteiger partial charge in [-0.05, 0) is 19.9 Å². The molecule has 0 radical (unpaired) electrons. The zero-order valence-electron chi connectivity index (χ0n) is 12.8. The molecule has 1 aliphatic rings. The Bertz CT molecular complexity index is 597. The largest absolute Gasteiger partial charge is 0.392 e. The van der Waals surface area contributed by atoms with Gasteiger partial charge in [-0.1, -0.05) is 0 Å². The first-order chi connectivity index (χ1) is 10.4. The first-order valence-corrected chi connectivity index (χ1v) is 7.28. The van der Waals surface area contributed by atoms with E-state index in [-0.39, 0.29) is 17.8 Å². The van der Waals surface area contributed by atoms with Crippen molar-refractivity contribution in [2.75, 3.05) is 31.1 Å². The van der Waals surface area contributed by atoms with Gasteiger partial charge in [-0.25, -0.2) is 0 Å². The van der Waals surface area contributed by atoms with Crippen molar-refractivity contribution in [3.63, 3.8) is 0 Å². The number of aliphatic hydroxyl groups is 1. The molecule has 118 valence electrons. The molecule has 0 aliphatic carbocycles. The van der Waals surface area contributed by atoms with Crippen molar-refractivity contribution in [3.05, 3.63) is 33.9 Å². The van der Waals surface area contributed by atoms with Gasteiger partial charge in [0.05, 0.1) is 22.3 Å². The van der Waals surface area contributed by atoms with Crippen LogP contribution in [0.1, 0.15) is 19.4 Å². The molecule has 0 bridgehead atoms. The number of non-ortho nitro benzene ring substituents is 1. The quantitative estimate of drug-likeness (QED) is 0.667. The fourth-order valence-corrected chi connectivity index (χ4v) is 2.91. The third-order valence-corrected chi connectivity index (χ3v) is 3.85. The molecule has 1 heterocycles. The number of piperazine rings is 1. The van der Waals surface area contributed by atoms with E-state index < -0.39 is 4.92 Å². The minimum atomic E-state index is -0.491. The molecule has 1 aromatic carbocycles. The Balaban J connectivity index is 2.19. The first-order valence-electron chi connectivity index (χ1n) is 7.28. The summed E-state index contributed by atoms with van der Waals surface area (Å²) in [5, 5.41) is 29.6. The zero-order valence-corrected chi connectivity index (χ0v) is 12.8. The van der Waals surface area contributed by atoms with Gasteiger partial charge in [-0.3, -0.25) is 15.0 Å². The molecule has 1 aromatic rings. The van der Waals surface area contributed by atoms with E-state index in [1.54, 1.807) is 13.0 Å². The van der Waals surface area contributed by atoms with E-state index >= 15 is 0 Å². The number of β-amino-alcohol motifs (C(OH)–C–C–N with tert-alkyl or cyclic N) is 1. The normalized spacial score (nSPS) is 20.5. The van der Waals surface area contributed by atoms with Crippen LogP contribution in [-0.4, -0.2) is 53.3 Å². The Morgan fingerprint density at radius 2 is 2.27 bits per heavy atom. The van der Waals surface area contributed by atoms with Crippen molar-refractivity contribution < 1.29 is 10.0 Å². The van der Waals surface area contributed by atoms with Crippen molar-refractivity contribution >= 4 is 11.4 Å². The highest BCUT2D eigenvalue weighted by Gasteiger charge is 2.26. The van der Waals surface area contributed by atoms with Crippen LogP contribution in [-0.2, 0) is 0 Å². The molecule has 2 unspecified atom stereocenters. The highest BCUT2D eigenvalue weighted by molar-refractivity contribution is 5.63. The minimum absolute atomic E-state index is 0.0688. The third-order valence-electron chi connectivity index (χ3n) is 3.85. The van der Waals surface area contributed by atoms with Crippen LogP contribution in [0.4, 0.5) is 11.4 Å². The zero-order chi connectivity index (χ0) is 16.3. The minimum Gasteiger partial charge on any atom is -0.392 e. The van der Waals surface area contributed by atoms with Gasteiger partial charge in [0.15, 0.2) is 0 Å². The van der Waals surface area contributed by atoms with Crippen LogP contribution in [0.15, 0.2) is 18.2 Å². The Morgan fingerprint density at radius 1 is 1.55 bits per heavy atom. The van der Waals surface area contributed by atoms with Crippen LogP contribution in [0.25, 0.3) is 0 Å². The molecular formula is C15H20N4O3. The predicted octanol–water partition coefficient (Wildman–Crippen LogP) is 1.36. The van der Waals surface area contributed by atoms with E-state index in [0.717, 1.165) is 25.3 Å². The van der Waals surface area contributed by atoms with Gasteiger partial charge in [-0.15, -0.1) is 0 Å². The summed E-state index contributed by atoms with van der Waals surface area (Å²) in [6.07, 6.45) is -0.368. The molecule has 1 fully saturated rings. The number of aliphatic hydroxyl groups excluding tert-OH is 1. The molecule has 1 N–H and O–H groups in total. The maximum atomic E-state index is 10.8. The summed E-state index contributed by atoms with van der Waals surface area (Å²) < 4.78 is 0. The van der Waals surface area contributed by atoms with Gasteiger partial charge in [0, 0.05) is 44.4 Å². The second-order valence-corrected chi connectivity index (χ2v) is 5.72. The molecule has 0 saturated carbocycles. The van der Waals surface area contributed by atoms with Gasteiger partial charge in [0.25, 0.3) is 5.69 Å². The van der Waals surface area contributed by atoms with Gasteiger partial charge in [-0.2, -0.15) is 5.26 Å². The van der Waals surface area contributed by atoms with E-state index in [4.69, 9.17) is 0 Å². The van der Waals surface area contributed by atoms with Gasteiger partial charge >= 0.3 is 0 Å². The summed E-state index contributed by atoms with van der Waals surface area (Å²) in [6.45, 7) is 6.74. The lowest BCUT2D eigenvalue weighted by Gasteiger charge is -2.41. The Morgan fingerprint density at radius 3 is 2.82 bits per heavy atom. The van der Waals surface area contributed by atoms with E-state index in [9.17, 15) is 20.5 Å². The van der Waals surface area contributed by atoms with Crippen molar-refractivity contribution in [2.45, 2.75) is 26.0 Å². The van der Waals surface area contributed by atoms with Crippen LogP contribution in [0.3, 0.4) is 0 Å². The Labute approximate surface area is 129 Å². The molecule has 22 heavy (non-hydrogen) atoms. The average molecular weight is 304 g/mol. The standard InChI is InChI=1S/C15H20N4O3/c1-11-9-17(10-12(2)20)5-6-18(11)15-4-3-14(19(21)22)7-13(15)8-16/h3-4,7,11-12,20H,5-6,9-10H2,1-2H3. The summed E-state index contributed by atoms with van der Waals surface area (Å²) in [4.78, 5) is 14.6. The molecule has 7 nitrogen and oxygen atoms in total. The molecule has 7 heteroatoms. The number of nitrogens with zero attached hydrogens (tertiary/aromatic N) is 4. The topological polar surface area (TPSA) is 93.6 Å². The SMILES string of the molecule is CC(O)CN1CCN(c2ccc([N+](=O)[O-])cc2C#N)C(C)C1. The Kier molecular flexibility index (Phi) is 4.96. The smallest absolute Gasteiger partial charge is 0.270 e. The maximum absolute atomic E-state index is 10.8. The van der Waals surface area contributed by atoms with E-state index in [1.807, 2.05) is 0 Å². The molecule has 0 amide bonds. The predicted molar refractivity (Wildman–Crippen MR) is 82.7 cm³/mol. The summed E-state index contributed by atoms with van der Waals surface area (Å²) in [7, 11) is 0. The molecule has 2 rings (SSSR count). The second kappa shape index (κ2) is 6.73. The molecular weight excluding hydrogens is 284 g/mol. The number of nitriles is 1. The molecule has 0 aromatic heterocycles. The van der Waals surface area contributed by atoms with Gasteiger partial charge in [0.2, 0.25) is 0 Å². The third kappa shape index (κ3) is 3.53. The summed E-state index contributed by atoms with van der Waals surface area (Å²) >= 11 is 0. The van der Waals surface area contributed by atoms with Crippen molar-refractivity contribution in [2.24, 2.45) is 0 Å². The average Bonchev–Trinajstić information content (AvgIpc) is 2.46. The van der Waals surface area contributed by atoms with Crippen LogP contribution in [0.2, 0.25) is 0 Å². The fourth-order valence-electron chi connectivity index (χ4n) is 2.91. The summed E-state index contributed by atoms with van der Waals surface area (Å²) in [5.74, 6) is 0. The number of hydrogen-bond donors (Lipinski definition) is 1. The van der Waals surface area contributed by atoms with Crippen LogP contribution in [0, 0.1) is 21.4 Å². The van der Waals surface area contributed by atoms with Gasteiger partial charge < -0.3 is 10.0 Å². The molecule has 1 saturated heterocycles. The van der Waals surface area contributed by atoms with Crippen LogP contribution < -0.4 is 4.90 Å². The van der Waals surface area contributed by atoms with Crippen LogP contribution in [0.5, 0.6) is 0 Å². The number of benzene rings is 1. The lowest BCUT2D eigenvalue weighted by atomic mass is 10.1. The number of hydrogen-bond acceptors (Lipinski definition) is 6. The van der Waals surface area contributed by atoms with E-state index in [2.05, 4.69) is 22.8 Å². The fraction of sp³-hybridized carbons (Fsp3) is 0.533. The Hall–Kier alpha value is -2.17. The lowest BCUT2D eigenvalue weighted by molar-refractivity contribution is -0.384. The van der Waals surface area contributed by atoms with Crippen LogP contribution >= 0.6 is 0 Å². The van der Waals surface area contributed by atoms with E-state index in [0.29, 0.717) is 12.1 Å². The summed E-state index contributed by atoms with van der Waals surface area (Å²) in [6, 6.07) is 6.63. The molecule has 1 aliphatic heterocycles. The van der Waals surface area contributed by atoms with Crippen molar-refractivity contribution in [1.82, 2.24) is 4.90 Å².